The summed E-state index contributed by atoms with van der Waals surface area (Å²) in [5.74, 6) is 0. The lowest BCUT2D eigenvalue weighted by Gasteiger charge is -2.17. The van der Waals surface area contributed by atoms with E-state index in [1.54, 1.807) is 0 Å². The highest BCUT2D eigenvalue weighted by molar-refractivity contribution is 7.80. The van der Waals surface area contributed by atoms with E-state index in [0.717, 1.165) is 11.7 Å². The quantitative estimate of drug-likeness (QED) is 0.472. The highest BCUT2D eigenvalue weighted by Crippen LogP contribution is 2.10. The lowest BCUT2D eigenvalue weighted by molar-refractivity contribution is 0.583. The largest absolute Gasteiger partial charge is 0.363 e. The predicted molar refractivity (Wildman–Crippen MR) is 96.6 cm³/mol. The van der Waals surface area contributed by atoms with Crippen LogP contribution in [0.25, 0.3) is 0 Å². The molecule has 0 saturated carbocycles. The van der Waals surface area contributed by atoms with Gasteiger partial charge in [-0.25, -0.2) is 0 Å². The minimum atomic E-state index is 0.250. The van der Waals surface area contributed by atoms with Gasteiger partial charge in [0.1, 0.15) is 0 Å². The average Bonchev–Trinajstić information content (AvgIpc) is 2.50. The number of hydrogen-bond donors (Lipinski definition) is 2. The van der Waals surface area contributed by atoms with Crippen molar-refractivity contribution in [2.75, 3.05) is 6.54 Å². The molecule has 1 aromatic rings. The Bertz CT molecular complexity index is 378. The molecule has 1 atom stereocenters. The van der Waals surface area contributed by atoms with Crippen molar-refractivity contribution in [2.24, 2.45) is 0 Å². The number of benzene rings is 1. The molecule has 0 aliphatic carbocycles. The zero-order valence-corrected chi connectivity index (χ0v) is 14.3. The van der Waals surface area contributed by atoms with Crippen LogP contribution in [0.4, 0.5) is 0 Å². The normalized spacial score (nSPS) is 11.9. The van der Waals surface area contributed by atoms with Gasteiger partial charge in [0.2, 0.25) is 0 Å². The summed E-state index contributed by atoms with van der Waals surface area (Å²) in [6.07, 6.45) is 9.31. The number of hydrogen-bond acceptors (Lipinski definition) is 1. The van der Waals surface area contributed by atoms with Gasteiger partial charge >= 0.3 is 0 Å². The van der Waals surface area contributed by atoms with Gasteiger partial charge < -0.3 is 10.6 Å². The van der Waals surface area contributed by atoms with Gasteiger partial charge in [-0.15, -0.1) is 0 Å². The molecule has 0 aromatic heterocycles. The number of nitrogens with one attached hydrogen (secondary N) is 2. The van der Waals surface area contributed by atoms with Crippen molar-refractivity contribution in [2.45, 2.75) is 64.8 Å². The lowest BCUT2D eigenvalue weighted by Crippen LogP contribution is -2.37. The molecule has 0 aliphatic heterocycles. The van der Waals surface area contributed by atoms with E-state index in [2.05, 4.69) is 48.7 Å². The van der Waals surface area contributed by atoms with E-state index in [1.807, 2.05) is 6.07 Å². The Kier molecular flexibility index (Phi) is 9.88. The Balaban J connectivity index is 2.04. The summed E-state index contributed by atoms with van der Waals surface area (Å²) in [7, 11) is 0. The third kappa shape index (κ3) is 8.71. The molecule has 0 bridgehead atoms. The van der Waals surface area contributed by atoms with Crippen molar-refractivity contribution in [3.63, 3.8) is 0 Å². The molecule has 0 spiro atoms. The zero-order chi connectivity index (χ0) is 15.3. The second kappa shape index (κ2) is 11.6. The fourth-order valence-electron chi connectivity index (χ4n) is 2.36. The van der Waals surface area contributed by atoms with Crippen LogP contribution in [0.15, 0.2) is 30.3 Å². The molecule has 1 aromatic carbocycles. The first-order valence-corrected chi connectivity index (χ1v) is 8.74. The maximum Gasteiger partial charge on any atom is 0.166 e. The van der Waals surface area contributed by atoms with Gasteiger partial charge in [0.15, 0.2) is 5.11 Å². The summed E-state index contributed by atoms with van der Waals surface area (Å²) in [6.45, 7) is 5.37. The third-order valence-electron chi connectivity index (χ3n) is 3.71. The first-order valence-electron chi connectivity index (χ1n) is 8.33. The second-order valence-corrected chi connectivity index (χ2v) is 6.06. The summed E-state index contributed by atoms with van der Waals surface area (Å²) in [5, 5.41) is 7.40. The topological polar surface area (TPSA) is 24.1 Å². The monoisotopic (exact) mass is 306 g/mol. The van der Waals surface area contributed by atoms with E-state index >= 15 is 0 Å². The van der Waals surface area contributed by atoms with Gasteiger partial charge in [-0.05, 0) is 31.1 Å². The van der Waals surface area contributed by atoms with Gasteiger partial charge in [0, 0.05) is 6.54 Å². The van der Waals surface area contributed by atoms with E-state index in [1.165, 1.54) is 50.5 Å². The predicted octanol–water partition coefficient (Wildman–Crippen LogP) is 4.96. The van der Waals surface area contributed by atoms with Crippen LogP contribution in [0.3, 0.4) is 0 Å². The summed E-state index contributed by atoms with van der Waals surface area (Å²) >= 11 is 5.34. The van der Waals surface area contributed by atoms with Crippen LogP contribution in [0.5, 0.6) is 0 Å². The molecule has 0 saturated heterocycles. The van der Waals surface area contributed by atoms with Crippen LogP contribution in [-0.4, -0.2) is 11.7 Å². The number of unbranched alkanes of at least 4 members (excludes halogenated alkanes) is 6. The fraction of sp³-hybridized carbons (Fsp3) is 0.611. The molecule has 3 heteroatoms. The number of rotatable bonds is 10. The van der Waals surface area contributed by atoms with E-state index in [9.17, 15) is 0 Å². The molecule has 2 N–H and O–H groups in total. The summed E-state index contributed by atoms with van der Waals surface area (Å²) < 4.78 is 0. The lowest BCUT2D eigenvalue weighted by atomic mass is 10.1. The fourth-order valence-corrected chi connectivity index (χ4v) is 2.64. The minimum Gasteiger partial charge on any atom is -0.363 e. The van der Waals surface area contributed by atoms with Crippen molar-refractivity contribution >= 4 is 17.3 Å². The van der Waals surface area contributed by atoms with Crippen molar-refractivity contribution in [3.8, 4) is 0 Å². The third-order valence-corrected chi connectivity index (χ3v) is 3.98. The van der Waals surface area contributed by atoms with E-state index in [-0.39, 0.29) is 6.04 Å². The van der Waals surface area contributed by atoms with Crippen molar-refractivity contribution < 1.29 is 0 Å². The van der Waals surface area contributed by atoms with Crippen LogP contribution < -0.4 is 10.6 Å². The Hall–Kier alpha value is -1.09. The van der Waals surface area contributed by atoms with Crippen LogP contribution in [-0.2, 0) is 0 Å². The van der Waals surface area contributed by atoms with Crippen molar-refractivity contribution in [1.82, 2.24) is 10.6 Å². The van der Waals surface area contributed by atoms with Crippen molar-refractivity contribution in [3.05, 3.63) is 35.9 Å². The highest BCUT2D eigenvalue weighted by Gasteiger charge is 2.05. The molecule has 1 rings (SSSR count). The Morgan fingerprint density at radius 3 is 2.29 bits per heavy atom. The van der Waals surface area contributed by atoms with E-state index in [0.29, 0.717) is 0 Å². The molecule has 0 amide bonds. The Morgan fingerprint density at radius 2 is 1.62 bits per heavy atom. The van der Waals surface area contributed by atoms with Gasteiger partial charge in [0.25, 0.3) is 0 Å². The maximum atomic E-state index is 5.34. The SMILES string of the molecule is CCCCCCCCCNC(=S)NC(C)c1ccccc1. The Labute approximate surface area is 135 Å². The van der Waals surface area contributed by atoms with Crippen LogP contribution in [0.2, 0.25) is 0 Å². The summed E-state index contributed by atoms with van der Waals surface area (Å²) in [4.78, 5) is 0. The molecule has 0 radical (unpaired) electrons. The molecular formula is C18H30N2S. The second-order valence-electron chi connectivity index (χ2n) is 5.65. The van der Waals surface area contributed by atoms with Gasteiger partial charge in [-0.1, -0.05) is 75.8 Å². The van der Waals surface area contributed by atoms with Gasteiger partial charge in [0.05, 0.1) is 6.04 Å². The first-order chi connectivity index (χ1) is 10.2. The smallest absolute Gasteiger partial charge is 0.166 e. The average molecular weight is 307 g/mol. The van der Waals surface area contributed by atoms with Gasteiger partial charge in [-0.2, -0.15) is 0 Å². The summed E-state index contributed by atoms with van der Waals surface area (Å²) in [6, 6.07) is 10.6. The maximum absolute atomic E-state index is 5.34. The van der Waals surface area contributed by atoms with Crippen LogP contribution in [0.1, 0.15) is 70.4 Å². The number of thiocarbonyl (C=S) groups is 1. The molecule has 118 valence electrons. The standard InChI is InChI=1S/C18H30N2S/c1-3-4-5-6-7-8-12-15-19-18(21)20-16(2)17-13-10-9-11-14-17/h9-11,13-14,16H,3-8,12,15H2,1-2H3,(H2,19,20,21). The zero-order valence-electron chi connectivity index (χ0n) is 13.5. The van der Waals surface area contributed by atoms with Crippen molar-refractivity contribution in [1.29, 1.82) is 0 Å². The minimum absolute atomic E-state index is 0.250. The van der Waals surface area contributed by atoms with E-state index in [4.69, 9.17) is 12.2 Å². The molecule has 0 aliphatic rings. The molecular weight excluding hydrogens is 276 g/mol. The van der Waals surface area contributed by atoms with E-state index < -0.39 is 0 Å². The van der Waals surface area contributed by atoms with Crippen LogP contribution >= 0.6 is 12.2 Å². The summed E-state index contributed by atoms with van der Waals surface area (Å²) in [5.41, 5.74) is 1.26. The Morgan fingerprint density at radius 1 is 1.00 bits per heavy atom. The first kappa shape index (κ1) is 18.0. The molecule has 0 fully saturated rings. The molecule has 1 unspecified atom stereocenters. The highest BCUT2D eigenvalue weighted by atomic mass is 32.1. The molecule has 0 heterocycles. The molecule has 2 nitrogen and oxygen atoms in total. The van der Waals surface area contributed by atoms with Crippen LogP contribution in [0, 0.1) is 0 Å². The molecule has 21 heavy (non-hydrogen) atoms. The van der Waals surface area contributed by atoms with Gasteiger partial charge in [-0.3, -0.25) is 0 Å².